The molecule has 0 aliphatic carbocycles. The highest BCUT2D eigenvalue weighted by molar-refractivity contribution is 9.10. The minimum absolute atomic E-state index is 0.0651. The van der Waals surface area contributed by atoms with Crippen molar-refractivity contribution in [1.29, 1.82) is 0 Å². The molecule has 0 aliphatic rings. The Balaban J connectivity index is 2.80. The molecule has 6 nitrogen and oxygen atoms in total. The maximum absolute atomic E-state index is 12.2. The van der Waals surface area contributed by atoms with Crippen LogP contribution in [0.2, 0.25) is 0 Å². The van der Waals surface area contributed by atoms with Crippen molar-refractivity contribution in [3.8, 4) is 0 Å². The van der Waals surface area contributed by atoms with E-state index in [1.54, 1.807) is 19.3 Å². The summed E-state index contributed by atoms with van der Waals surface area (Å²) in [5, 5.41) is 9.17. The lowest BCUT2D eigenvalue weighted by Gasteiger charge is -2.09. The molecule has 0 atom stereocenters. The lowest BCUT2D eigenvalue weighted by atomic mass is 10.3. The van der Waals surface area contributed by atoms with Crippen molar-refractivity contribution in [3.63, 3.8) is 0 Å². The second-order valence-corrected chi connectivity index (χ2v) is 4.82. The van der Waals surface area contributed by atoms with Crippen LogP contribution < -0.4 is 11.2 Å². The zero-order valence-corrected chi connectivity index (χ0v) is 11.3. The van der Waals surface area contributed by atoms with Crippen LogP contribution in [0.15, 0.2) is 26.3 Å². The van der Waals surface area contributed by atoms with Gasteiger partial charge in [-0.3, -0.25) is 13.9 Å². The molecular formula is C11H12BrN3O3. The Morgan fingerprint density at radius 3 is 2.83 bits per heavy atom. The van der Waals surface area contributed by atoms with Crippen molar-refractivity contribution in [3.05, 3.63) is 37.6 Å². The number of hydrogen-bond acceptors (Lipinski definition) is 4. The van der Waals surface area contributed by atoms with Crippen LogP contribution in [0.25, 0.3) is 11.0 Å². The molecule has 2 aromatic heterocycles. The molecule has 2 heterocycles. The van der Waals surface area contributed by atoms with E-state index in [0.29, 0.717) is 21.9 Å². The van der Waals surface area contributed by atoms with Crippen LogP contribution in [0.5, 0.6) is 0 Å². The summed E-state index contributed by atoms with van der Waals surface area (Å²) < 4.78 is 3.13. The summed E-state index contributed by atoms with van der Waals surface area (Å²) in [5.74, 6) is 0. The second-order valence-electron chi connectivity index (χ2n) is 3.90. The van der Waals surface area contributed by atoms with E-state index in [-0.39, 0.29) is 18.7 Å². The van der Waals surface area contributed by atoms with Gasteiger partial charge in [0.2, 0.25) is 0 Å². The van der Waals surface area contributed by atoms with Gasteiger partial charge in [0.15, 0.2) is 0 Å². The molecule has 0 radical (unpaired) electrons. The first-order valence-corrected chi connectivity index (χ1v) is 6.21. The number of aryl methyl sites for hydroxylation is 1. The quantitative estimate of drug-likeness (QED) is 0.880. The molecule has 0 aromatic carbocycles. The predicted molar refractivity (Wildman–Crippen MR) is 70.6 cm³/mol. The normalized spacial score (nSPS) is 11.1. The summed E-state index contributed by atoms with van der Waals surface area (Å²) in [4.78, 5) is 28.2. The number of halogens is 1. The molecule has 1 N–H and O–H groups in total. The average Bonchev–Trinajstić information content (AvgIpc) is 2.36. The third kappa shape index (κ3) is 2.11. The lowest BCUT2D eigenvalue weighted by Crippen LogP contribution is -2.39. The summed E-state index contributed by atoms with van der Waals surface area (Å²) in [6.07, 6.45) is 1.90. The number of pyridine rings is 1. The molecule has 0 bridgehead atoms. The second kappa shape index (κ2) is 5.03. The van der Waals surface area contributed by atoms with Crippen molar-refractivity contribution in [1.82, 2.24) is 14.1 Å². The lowest BCUT2D eigenvalue weighted by molar-refractivity contribution is 0.277. The first kappa shape index (κ1) is 13.0. The SMILES string of the molecule is Cn1c(=O)n(CCCO)c(=O)c2cc(Br)cnc21. The molecule has 0 spiro atoms. The summed E-state index contributed by atoms with van der Waals surface area (Å²) in [7, 11) is 1.57. The van der Waals surface area contributed by atoms with Crippen molar-refractivity contribution in [2.45, 2.75) is 13.0 Å². The fourth-order valence-electron chi connectivity index (χ4n) is 1.79. The largest absolute Gasteiger partial charge is 0.396 e. The molecule has 0 fully saturated rings. The van der Waals surface area contributed by atoms with Crippen LogP contribution in [-0.4, -0.2) is 25.8 Å². The number of aliphatic hydroxyl groups is 1. The summed E-state index contributed by atoms with van der Waals surface area (Å²) >= 11 is 3.25. The first-order chi connectivity index (χ1) is 8.56. The average molecular weight is 314 g/mol. The van der Waals surface area contributed by atoms with Crippen LogP contribution in [0.4, 0.5) is 0 Å². The Morgan fingerprint density at radius 2 is 2.17 bits per heavy atom. The molecule has 0 saturated carbocycles. The summed E-state index contributed by atoms with van der Waals surface area (Å²) in [5.41, 5.74) is -0.445. The highest BCUT2D eigenvalue weighted by Crippen LogP contribution is 2.12. The van der Waals surface area contributed by atoms with Crippen LogP contribution in [0.1, 0.15) is 6.42 Å². The minimum Gasteiger partial charge on any atom is -0.396 e. The number of rotatable bonds is 3. The molecule has 7 heteroatoms. The Labute approximate surface area is 111 Å². The molecule has 0 unspecified atom stereocenters. The van der Waals surface area contributed by atoms with Gasteiger partial charge >= 0.3 is 5.69 Å². The summed E-state index contributed by atoms with van der Waals surface area (Å²) in [6, 6.07) is 1.64. The van der Waals surface area contributed by atoms with E-state index < -0.39 is 5.69 Å². The van der Waals surface area contributed by atoms with E-state index in [9.17, 15) is 9.59 Å². The van der Waals surface area contributed by atoms with Gasteiger partial charge in [-0.05, 0) is 28.4 Å². The van der Waals surface area contributed by atoms with Crippen molar-refractivity contribution in [2.24, 2.45) is 7.05 Å². The van der Waals surface area contributed by atoms with Crippen molar-refractivity contribution in [2.75, 3.05) is 6.61 Å². The zero-order chi connectivity index (χ0) is 13.3. The van der Waals surface area contributed by atoms with Gasteiger partial charge in [0.05, 0.1) is 5.39 Å². The van der Waals surface area contributed by atoms with Crippen molar-refractivity contribution < 1.29 is 5.11 Å². The molecule has 2 aromatic rings. The van der Waals surface area contributed by atoms with Crippen LogP contribution in [-0.2, 0) is 13.6 Å². The molecule has 0 amide bonds. The van der Waals surface area contributed by atoms with Gasteiger partial charge in [0.25, 0.3) is 5.56 Å². The van der Waals surface area contributed by atoms with E-state index >= 15 is 0 Å². The fourth-order valence-corrected chi connectivity index (χ4v) is 2.12. The maximum atomic E-state index is 12.2. The maximum Gasteiger partial charge on any atom is 0.332 e. The summed E-state index contributed by atoms with van der Waals surface area (Å²) in [6.45, 7) is 0.134. The van der Waals surface area contributed by atoms with Gasteiger partial charge < -0.3 is 5.11 Å². The van der Waals surface area contributed by atoms with Gasteiger partial charge in [-0.25, -0.2) is 9.78 Å². The standard InChI is InChI=1S/C11H12BrN3O3/c1-14-9-8(5-7(12)6-13-9)10(17)15(11(14)18)3-2-4-16/h5-6,16H,2-4H2,1H3. The molecule has 96 valence electrons. The first-order valence-electron chi connectivity index (χ1n) is 5.42. The van der Waals surface area contributed by atoms with Crippen LogP contribution in [0, 0.1) is 0 Å². The zero-order valence-electron chi connectivity index (χ0n) is 9.76. The van der Waals surface area contributed by atoms with Gasteiger partial charge in [0.1, 0.15) is 5.65 Å². The van der Waals surface area contributed by atoms with E-state index in [2.05, 4.69) is 20.9 Å². The monoisotopic (exact) mass is 313 g/mol. The third-order valence-corrected chi connectivity index (χ3v) is 3.12. The number of nitrogens with zero attached hydrogens (tertiary/aromatic N) is 3. The van der Waals surface area contributed by atoms with Crippen LogP contribution in [0.3, 0.4) is 0 Å². The Morgan fingerprint density at radius 1 is 1.44 bits per heavy atom. The number of fused-ring (bicyclic) bond motifs is 1. The van der Waals surface area contributed by atoms with E-state index in [4.69, 9.17) is 5.11 Å². The van der Waals surface area contributed by atoms with E-state index in [1.807, 2.05) is 0 Å². The molecular weight excluding hydrogens is 302 g/mol. The smallest absolute Gasteiger partial charge is 0.332 e. The Hall–Kier alpha value is -1.47. The number of aliphatic hydroxyl groups excluding tert-OH is 1. The Kier molecular flexibility index (Phi) is 3.63. The highest BCUT2D eigenvalue weighted by Gasteiger charge is 2.11. The third-order valence-electron chi connectivity index (χ3n) is 2.68. The molecule has 0 aliphatic heterocycles. The Bertz CT molecular complexity index is 705. The highest BCUT2D eigenvalue weighted by atomic mass is 79.9. The minimum atomic E-state index is -0.421. The van der Waals surface area contributed by atoms with Gasteiger partial charge in [-0.1, -0.05) is 0 Å². The van der Waals surface area contributed by atoms with Crippen LogP contribution >= 0.6 is 15.9 Å². The number of aromatic nitrogens is 3. The van der Waals surface area contributed by atoms with E-state index in [1.165, 1.54) is 4.57 Å². The number of hydrogen-bond donors (Lipinski definition) is 1. The predicted octanol–water partition coefficient (Wildman–Crippen LogP) is 0.240. The van der Waals surface area contributed by atoms with Gasteiger partial charge in [-0.15, -0.1) is 0 Å². The van der Waals surface area contributed by atoms with Gasteiger partial charge in [-0.2, -0.15) is 0 Å². The van der Waals surface area contributed by atoms with Crippen molar-refractivity contribution >= 4 is 27.0 Å². The topological polar surface area (TPSA) is 77.1 Å². The molecule has 2 rings (SSSR count). The molecule has 18 heavy (non-hydrogen) atoms. The van der Waals surface area contributed by atoms with E-state index in [0.717, 1.165) is 4.57 Å². The fraction of sp³-hybridized carbons (Fsp3) is 0.364. The van der Waals surface area contributed by atoms with Gasteiger partial charge in [0, 0.05) is 30.9 Å². The molecule has 0 saturated heterocycles.